The summed E-state index contributed by atoms with van der Waals surface area (Å²) in [6, 6.07) is 10.7. The molecule has 1 atom stereocenters. The number of nitrogens with one attached hydrogen (secondary N) is 1. The second-order valence-electron chi connectivity index (χ2n) is 3.99. The average Bonchev–Trinajstić information content (AvgIpc) is 2.24. The highest BCUT2D eigenvalue weighted by Gasteiger charge is 2.30. The molecular formula is C11H16N2S. The van der Waals surface area contributed by atoms with Crippen molar-refractivity contribution in [1.29, 1.82) is 0 Å². The molecule has 0 aliphatic carbocycles. The van der Waals surface area contributed by atoms with E-state index in [-0.39, 0.29) is 5.54 Å². The van der Waals surface area contributed by atoms with Crippen LogP contribution < -0.4 is 4.72 Å². The Balaban J connectivity index is 2.17. The highest BCUT2D eigenvalue weighted by atomic mass is 32.2. The molecule has 1 saturated heterocycles. The van der Waals surface area contributed by atoms with Crippen molar-refractivity contribution < 1.29 is 0 Å². The molecule has 0 unspecified atom stereocenters. The van der Waals surface area contributed by atoms with Crippen molar-refractivity contribution in [3.8, 4) is 0 Å². The molecule has 1 N–H and O–H groups in total. The molecule has 76 valence electrons. The largest absolute Gasteiger partial charge is 0.240 e. The maximum Gasteiger partial charge on any atom is 0.0527 e. The SMILES string of the molecule is CN1CC[C@](C)(c2ccccc2)NS1. The van der Waals surface area contributed by atoms with Gasteiger partial charge in [0.1, 0.15) is 0 Å². The third kappa shape index (κ3) is 1.95. The first-order valence-electron chi connectivity index (χ1n) is 4.91. The lowest BCUT2D eigenvalue weighted by Crippen LogP contribution is -2.44. The summed E-state index contributed by atoms with van der Waals surface area (Å²) in [5.41, 5.74) is 1.50. The van der Waals surface area contributed by atoms with Crippen LogP contribution in [0.25, 0.3) is 0 Å². The van der Waals surface area contributed by atoms with E-state index in [9.17, 15) is 0 Å². The van der Waals surface area contributed by atoms with E-state index in [2.05, 4.69) is 53.3 Å². The standard InChI is InChI=1S/C11H16N2S/c1-11(8-9-13(2)14-12-11)10-6-4-3-5-7-10/h3-7,12H,8-9H2,1-2H3/t11-/m1/s1. The van der Waals surface area contributed by atoms with E-state index in [4.69, 9.17) is 0 Å². The van der Waals surface area contributed by atoms with Crippen molar-refractivity contribution in [2.75, 3.05) is 13.6 Å². The van der Waals surface area contributed by atoms with Gasteiger partial charge in [-0.2, -0.15) is 0 Å². The van der Waals surface area contributed by atoms with Crippen LogP contribution in [0, 0.1) is 0 Å². The van der Waals surface area contributed by atoms with Gasteiger partial charge in [-0.05, 0) is 26.0 Å². The molecule has 0 spiro atoms. The maximum absolute atomic E-state index is 3.50. The summed E-state index contributed by atoms with van der Waals surface area (Å²) in [5.74, 6) is 0. The molecule has 2 rings (SSSR count). The summed E-state index contributed by atoms with van der Waals surface area (Å²) in [5, 5.41) is 0. The predicted molar refractivity (Wildman–Crippen MR) is 61.8 cm³/mol. The third-order valence-corrected chi connectivity index (χ3v) is 3.80. The van der Waals surface area contributed by atoms with Gasteiger partial charge in [0.05, 0.1) is 5.54 Å². The second kappa shape index (κ2) is 3.93. The molecule has 1 aromatic carbocycles. The van der Waals surface area contributed by atoms with Crippen molar-refractivity contribution >= 4 is 12.1 Å². The van der Waals surface area contributed by atoms with Gasteiger partial charge in [0, 0.05) is 18.7 Å². The van der Waals surface area contributed by atoms with Crippen molar-refractivity contribution in [3.05, 3.63) is 35.9 Å². The van der Waals surface area contributed by atoms with Crippen molar-refractivity contribution in [2.24, 2.45) is 0 Å². The van der Waals surface area contributed by atoms with Gasteiger partial charge in [-0.3, -0.25) is 0 Å². The Morgan fingerprint density at radius 1 is 1.36 bits per heavy atom. The topological polar surface area (TPSA) is 15.3 Å². The highest BCUT2D eigenvalue weighted by Crippen LogP contribution is 2.31. The summed E-state index contributed by atoms with van der Waals surface area (Å²) in [6.07, 6.45) is 1.15. The fourth-order valence-corrected chi connectivity index (χ4v) is 2.43. The lowest BCUT2D eigenvalue weighted by atomic mass is 9.90. The Morgan fingerprint density at radius 3 is 2.64 bits per heavy atom. The zero-order chi connectivity index (χ0) is 10.0. The monoisotopic (exact) mass is 208 g/mol. The van der Waals surface area contributed by atoms with E-state index < -0.39 is 0 Å². The number of nitrogens with zero attached hydrogens (tertiary/aromatic N) is 1. The lowest BCUT2D eigenvalue weighted by Gasteiger charge is -2.38. The van der Waals surface area contributed by atoms with Gasteiger partial charge in [0.15, 0.2) is 0 Å². The van der Waals surface area contributed by atoms with Gasteiger partial charge < -0.3 is 0 Å². The van der Waals surface area contributed by atoms with E-state index in [0.29, 0.717) is 0 Å². The first-order valence-corrected chi connectivity index (χ1v) is 5.69. The van der Waals surface area contributed by atoms with Crippen LogP contribution in [-0.4, -0.2) is 17.9 Å². The van der Waals surface area contributed by atoms with Crippen LogP contribution >= 0.6 is 12.1 Å². The van der Waals surface area contributed by atoms with Gasteiger partial charge in [-0.1, -0.05) is 30.3 Å². The zero-order valence-corrected chi connectivity index (χ0v) is 9.47. The highest BCUT2D eigenvalue weighted by molar-refractivity contribution is 7.95. The van der Waals surface area contributed by atoms with Gasteiger partial charge >= 0.3 is 0 Å². The fraction of sp³-hybridized carbons (Fsp3) is 0.455. The van der Waals surface area contributed by atoms with Crippen molar-refractivity contribution in [1.82, 2.24) is 9.03 Å². The molecule has 0 aromatic heterocycles. The molecule has 1 aliphatic rings. The number of hydrogen-bond acceptors (Lipinski definition) is 3. The summed E-state index contributed by atoms with van der Waals surface area (Å²) in [6.45, 7) is 3.39. The van der Waals surface area contributed by atoms with Crippen LogP contribution in [0.15, 0.2) is 30.3 Å². The smallest absolute Gasteiger partial charge is 0.0527 e. The molecule has 0 saturated carbocycles. The van der Waals surface area contributed by atoms with Gasteiger partial charge in [-0.15, -0.1) is 0 Å². The van der Waals surface area contributed by atoms with Crippen LogP contribution in [-0.2, 0) is 5.54 Å². The summed E-state index contributed by atoms with van der Waals surface area (Å²) >= 11 is 1.70. The van der Waals surface area contributed by atoms with E-state index in [1.54, 1.807) is 12.1 Å². The second-order valence-corrected chi connectivity index (χ2v) is 5.00. The Bertz CT molecular complexity index is 291. The van der Waals surface area contributed by atoms with E-state index in [0.717, 1.165) is 13.0 Å². The fourth-order valence-electron chi connectivity index (χ4n) is 1.67. The molecule has 0 amide bonds. The predicted octanol–water partition coefficient (Wildman–Crippen LogP) is 2.39. The maximum atomic E-state index is 3.50. The Labute approximate surface area is 90.0 Å². The molecule has 2 nitrogen and oxygen atoms in total. The molecule has 1 aromatic rings. The number of benzene rings is 1. The molecule has 14 heavy (non-hydrogen) atoms. The van der Waals surface area contributed by atoms with Gasteiger partial charge in [-0.25, -0.2) is 9.03 Å². The molecule has 0 bridgehead atoms. The quantitative estimate of drug-likeness (QED) is 0.713. The minimum atomic E-state index is 0.123. The molecule has 0 radical (unpaired) electrons. The van der Waals surface area contributed by atoms with Gasteiger partial charge in [0.2, 0.25) is 0 Å². The molecule has 1 fully saturated rings. The minimum Gasteiger partial charge on any atom is -0.240 e. The Morgan fingerprint density at radius 2 is 2.07 bits per heavy atom. The molecular weight excluding hydrogens is 192 g/mol. The summed E-state index contributed by atoms with van der Waals surface area (Å²) < 4.78 is 5.73. The van der Waals surface area contributed by atoms with E-state index >= 15 is 0 Å². The normalized spacial score (nSPS) is 29.0. The van der Waals surface area contributed by atoms with Crippen LogP contribution in [0.2, 0.25) is 0 Å². The number of rotatable bonds is 1. The minimum absolute atomic E-state index is 0.123. The molecule has 3 heteroatoms. The first-order chi connectivity index (χ1) is 6.71. The lowest BCUT2D eigenvalue weighted by molar-refractivity contribution is 0.341. The van der Waals surface area contributed by atoms with Crippen molar-refractivity contribution in [3.63, 3.8) is 0 Å². The van der Waals surface area contributed by atoms with Crippen LogP contribution in [0.3, 0.4) is 0 Å². The van der Waals surface area contributed by atoms with Crippen molar-refractivity contribution in [2.45, 2.75) is 18.9 Å². The Kier molecular flexibility index (Phi) is 2.81. The summed E-state index contributed by atoms with van der Waals surface area (Å²) in [4.78, 5) is 0. The van der Waals surface area contributed by atoms with Crippen LogP contribution in [0.1, 0.15) is 18.9 Å². The Hall–Kier alpha value is -0.510. The van der Waals surface area contributed by atoms with E-state index in [1.807, 2.05) is 0 Å². The molecule has 1 heterocycles. The third-order valence-electron chi connectivity index (χ3n) is 2.76. The molecule has 1 aliphatic heterocycles. The van der Waals surface area contributed by atoms with Crippen LogP contribution in [0.4, 0.5) is 0 Å². The summed E-state index contributed by atoms with van der Waals surface area (Å²) in [7, 11) is 2.11. The van der Waals surface area contributed by atoms with Crippen LogP contribution in [0.5, 0.6) is 0 Å². The zero-order valence-electron chi connectivity index (χ0n) is 8.66. The average molecular weight is 208 g/mol. The van der Waals surface area contributed by atoms with E-state index in [1.165, 1.54) is 5.56 Å². The van der Waals surface area contributed by atoms with Gasteiger partial charge in [0.25, 0.3) is 0 Å². The number of hydrogen-bond donors (Lipinski definition) is 1. The first kappa shape index (κ1) is 10.0.